The zero-order valence-electron chi connectivity index (χ0n) is 22.3. The van der Waals surface area contributed by atoms with Crippen LogP contribution in [-0.2, 0) is 26.2 Å². The fourth-order valence-electron chi connectivity index (χ4n) is 4.84. The van der Waals surface area contributed by atoms with Gasteiger partial charge in [0.15, 0.2) is 0 Å². The largest absolute Gasteiger partial charge is 0.352 e. The monoisotopic (exact) mass is 689 g/mol. The molecule has 3 aromatic carbocycles. The molecule has 0 radical (unpaired) electrons. The molecule has 0 spiro atoms. The van der Waals surface area contributed by atoms with Gasteiger partial charge in [-0.3, -0.25) is 13.9 Å². The zero-order valence-corrected chi connectivity index (χ0v) is 26.3. The van der Waals surface area contributed by atoms with E-state index < -0.39 is 28.5 Å². The second-order valence-corrected chi connectivity index (χ2v) is 13.7. The fraction of sp³-hybridized carbons (Fsp3) is 0.333. The lowest BCUT2D eigenvalue weighted by molar-refractivity contribution is -0.139. The van der Waals surface area contributed by atoms with Crippen molar-refractivity contribution in [1.29, 1.82) is 0 Å². The fourth-order valence-corrected chi connectivity index (χ4v) is 6.99. The van der Waals surface area contributed by atoms with Gasteiger partial charge in [-0.25, -0.2) is 8.42 Å². The number of nitrogens with one attached hydrogen (secondary N) is 1. The van der Waals surface area contributed by atoms with Crippen molar-refractivity contribution in [2.24, 2.45) is 0 Å². The number of carbonyl (C=O) groups excluding carboxylic acids is 2. The summed E-state index contributed by atoms with van der Waals surface area (Å²) in [6.07, 6.45) is 5.14. The molecule has 1 fully saturated rings. The minimum absolute atomic E-state index is 0.0762. The molecule has 0 unspecified atom stereocenters. The maximum absolute atomic E-state index is 14.0. The van der Waals surface area contributed by atoms with Crippen LogP contribution in [0.3, 0.4) is 0 Å². The lowest BCUT2D eigenvalue weighted by Crippen LogP contribution is -2.53. The van der Waals surface area contributed by atoms with Crippen molar-refractivity contribution in [3.05, 3.63) is 93.4 Å². The number of hydrogen-bond acceptors (Lipinski definition) is 4. The molecule has 0 aromatic heterocycles. The van der Waals surface area contributed by atoms with E-state index in [1.165, 1.54) is 17.0 Å². The second kappa shape index (κ2) is 13.8. The highest BCUT2D eigenvalue weighted by atomic mass is 79.9. The van der Waals surface area contributed by atoms with Gasteiger partial charge in [0, 0.05) is 21.5 Å². The Morgan fingerprint density at radius 1 is 0.900 bits per heavy atom. The van der Waals surface area contributed by atoms with E-state index >= 15 is 0 Å². The van der Waals surface area contributed by atoms with E-state index in [0.29, 0.717) is 5.69 Å². The molecule has 7 nitrogen and oxygen atoms in total. The van der Waals surface area contributed by atoms with Crippen molar-refractivity contribution in [3.63, 3.8) is 0 Å². The SMILES string of the molecule is C[C@H](C(=O)NC1CCCCC1)N(Cc1cccc(Br)c1)C(=O)CN(c1ccc(Br)cc1)S(=O)(=O)c1ccccc1. The molecule has 0 heterocycles. The first kappa shape index (κ1) is 30.3. The number of nitrogens with zero attached hydrogens (tertiary/aromatic N) is 2. The summed E-state index contributed by atoms with van der Waals surface area (Å²) in [5, 5.41) is 3.12. The summed E-state index contributed by atoms with van der Waals surface area (Å²) in [5.74, 6) is -0.718. The number of rotatable bonds is 10. The highest BCUT2D eigenvalue weighted by Crippen LogP contribution is 2.26. The summed E-state index contributed by atoms with van der Waals surface area (Å²) in [4.78, 5) is 28.9. The summed E-state index contributed by atoms with van der Waals surface area (Å²) in [6.45, 7) is 1.38. The number of amides is 2. The summed E-state index contributed by atoms with van der Waals surface area (Å²) in [7, 11) is -4.08. The molecule has 0 saturated heterocycles. The maximum Gasteiger partial charge on any atom is 0.264 e. The molecule has 40 heavy (non-hydrogen) atoms. The van der Waals surface area contributed by atoms with Gasteiger partial charge in [0.05, 0.1) is 10.6 Å². The Hall–Kier alpha value is -2.69. The summed E-state index contributed by atoms with van der Waals surface area (Å²) >= 11 is 6.87. The Kier molecular flexibility index (Phi) is 10.4. The Labute approximate surface area is 253 Å². The molecule has 2 amide bonds. The molecule has 4 rings (SSSR count). The minimum atomic E-state index is -4.08. The van der Waals surface area contributed by atoms with E-state index in [1.807, 2.05) is 24.3 Å². The molecule has 0 aliphatic heterocycles. The lowest BCUT2D eigenvalue weighted by Gasteiger charge is -2.33. The van der Waals surface area contributed by atoms with Crippen molar-refractivity contribution < 1.29 is 18.0 Å². The van der Waals surface area contributed by atoms with Crippen molar-refractivity contribution in [2.45, 2.75) is 62.6 Å². The first-order chi connectivity index (χ1) is 19.1. The van der Waals surface area contributed by atoms with Crippen molar-refractivity contribution >= 4 is 59.4 Å². The van der Waals surface area contributed by atoms with E-state index in [4.69, 9.17) is 0 Å². The number of benzene rings is 3. The molecule has 1 saturated carbocycles. The van der Waals surface area contributed by atoms with Gasteiger partial charge in [-0.2, -0.15) is 0 Å². The Bertz CT molecular complexity index is 1410. The van der Waals surface area contributed by atoms with Gasteiger partial charge in [-0.15, -0.1) is 0 Å². The molecule has 1 atom stereocenters. The molecular formula is C30H33Br2N3O4S. The molecule has 1 aliphatic carbocycles. The number of hydrogen-bond donors (Lipinski definition) is 1. The highest BCUT2D eigenvalue weighted by Gasteiger charge is 2.33. The topological polar surface area (TPSA) is 86.8 Å². The van der Waals surface area contributed by atoms with Crippen LogP contribution < -0.4 is 9.62 Å². The van der Waals surface area contributed by atoms with Crippen LogP contribution >= 0.6 is 31.9 Å². The van der Waals surface area contributed by atoms with E-state index in [1.54, 1.807) is 49.4 Å². The van der Waals surface area contributed by atoms with E-state index in [2.05, 4.69) is 37.2 Å². The first-order valence-electron chi connectivity index (χ1n) is 13.3. The standard InChI is InChI=1S/C30H33Br2N3O4S/c1-22(30(37)33-26-11-4-2-5-12-26)34(20-23-9-8-10-25(32)19-23)29(36)21-35(27-17-15-24(31)16-18-27)40(38,39)28-13-6-3-7-14-28/h3,6-10,13-19,22,26H,2,4-5,11-12,20-21H2,1H3,(H,33,37)/t22-/m1/s1. The van der Waals surface area contributed by atoms with Gasteiger partial charge < -0.3 is 10.2 Å². The third-order valence-electron chi connectivity index (χ3n) is 7.09. The average Bonchev–Trinajstić information content (AvgIpc) is 2.95. The van der Waals surface area contributed by atoms with Gasteiger partial charge >= 0.3 is 0 Å². The van der Waals surface area contributed by atoms with Crippen LogP contribution in [0.15, 0.2) is 92.7 Å². The molecule has 3 aromatic rings. The molecule has 1 N–H and O–H groups in total. The van der Waals surface area contributed by atoms with Crippen LogP contribution in [0.2, 0.25) is 0 Å². The molecule has 0 bridgehead atoms. The predicted octanol–water partition coefficient (Wildman–Crippen LogP) is 6.27. The summed E-state index contributed by atoms with van der Waals surface area (Å²) in [6, 6.07) is 21.6. The lowest BCUT2D eigenvalue weighted by atomic mass is 9.95. The highest BCUT2D eigenvalue weighted by molar-refractivity contribution is 9.10. The number of sulfonamides is 1. The third-order valence-corrected chi connectivity index (χ3v) is 9.90. The van der Waals surface area contributed by atoms with Crippen molar-refractivity contribution in [3.8, 4) is 0 Å². The normalized spacial score (nSPS) is 14.8. The van der Waals surface area contributed by atoms with E-state index in [-0.39, 0.29) is 23.4 Å². The second-order valence-electron chi connectivity index (χ2n) is 9.97. The summed E-state index contributed by atoms with van der Waals surface area (Å²) < 4.78 is 30.3. The number of carbonyl (C=O) groups is 2. The van der Waals surface area contributed by atoms with Gasteiger partial charge in [-0.05, 0) is 73.9 Å². The molecule has 1 aliphatic rings. The van der Waals surface area contributed by atoms with Crippen LogP contribution in [0.4, 0.5) is 5.69 Å². The number of halogens is 2. The first-order valence-corrected chi connectivity index (χ1v) is 16.4. The smallest absolute Gasteiger partial charge is 0.264 e. The van der Waals surface area contributed by atoms with Gasteiger partial charge in [0.2, 0.25) is 11.8 Å². The van der Waals surface area contributed by atoms with Crippen LogP contribution in [0.5, 0.6) is 0 Å². The predicted molar refractivity (Wildman–Crippen MR) is 164 cm³/mol. The summed E-state index contributed by atoms with van der Waals surface area (Å²) in [5.41, 5.74) is 1.17. The van der Waals surface area contributed by atoms with Crippen LogP contribution in [-0.4, -0.2) is 43.8 Å². The van der Waals surface area contributed by atoms with E-state index in [0.717, 1.165) is 50.9 Å². The number of anilines is 1. The van der Waals surface area contributed by atoms with Crippen molar-refractivity contribution in [1.82, 2.24) is 10.2 Å². The third kappa shape index (κ3) is 7.73. The van der Waals surface area contributed by atoms with Gasteiger partial charge in [-0.1, -0.05) is 81.5 Å². The van der Waals surface area contributed by atoms with Gasteiger partial charge in [0.1, 0.15) is 12.6 Å². The Morgan fingerprint density at radius 3 is 2.23 bits per heavy atom. The Morgan fingerprint density at radius 2 is 1.57 bits per heavy atom. The average molecular weight is 691 g/mol. The van der Waals surface area contributed by atoms with Crippen LogP contribution in [0.25, 0.3) is 0 Å². The molecule has 10 heteroatoms. The maximum atomic E-state index is 14.0. The Balaban J connectivity index is 1.66. The van der Waals surface area contributed by atoms with E-state index in [9.17, 15) is 18.0 Å². The van der Waals surface area contributed by atoms with Crippen molar-refractivity contribution in [2.75, 3.05) is 10.8 Å². The molecule has 212 valence electrons. The molecular weight excluding hydrogens is 658 g/mol. The minimum Gasteiger partial charge on any atom is -0.352 e. The van der Waals surface area contributed by atoms with Crippen LogP contribution in [0, 0.1) is 0 Å². The van der Waals surface area contributed by atoms with Gasteiger partial charge in [0.25, 0.3) is 10.0 Å². The zero-order chi connectivity index (χ0) is 28.7. The quantitative estimate of drug-likeness (QED) is 0.272. The van der Waals surface area contributed by atoms with Crippen LogP contribution in [0.1, 0.15) is 44.6 Å².